The highest BCUT2D eigenvalue weighted by atomic mass is 16.5. The Morgan fingerprint density at radius 2 is 1.95 bits per heavy atom. The van der Waals surface area contributed by atoms with Crippen molar-refractivity contribution in [2.75, 3.05) is 20.2 Å². The Labute approximate surface area is 114 Å². The van der Waals surface area contributed by atoms with Crippen molar-refractivity contribution in [1.82, 2.24) is 4.90 Å². The monoisotopic (exact) mass is 263 g/mol. The van der Waals surface area contributed by atoms with Gasteiger partial charge in [-0.1, -0.05) is 19.9 Å². The lowest BCUT2D eigenvalue weighted by atomic mass is 9.91. The Kier molecular flexibility index (Phi) is 3.98. The van der Waals surface area contributed by atoms with Gasteiger partial charge in [0.05, 0.1) is 7.11 Å². The van der Waals surface area contributed by atoms with E-state index in [1.54, 1.807) is 12.1 Å². The third-order valence-electron chi connectivity index (χ3n) is 3.59. The van der Waals surface area contributed by atoms with Gasteiger partial charge >= 0.3 is 0 Å². The molecule has 2 atom stereocenters. The molecule has 4 heteroatoms. The fourth-order valence-corrected chi connectivity index (χ4v) is 2.89. The summed E-state index contributed by atoms with van der Waals surface area (Å²) in [5.41, 5.74) is 0.270. The molecule has 0 bridgehead atoms. The molecule has 1 amide bonds. The number of piperidine rings is 1. The van der Waals surface area contributed by atoms with Gasteiger partial charge in [0.2, 0.25) is 0 Å². The van der Waals surface area contributed by atoms with Gasteiger partial charge in [-0.3, -0.25) is 4.79 Å². The fourth-order valence-electron chi connectivity index (χ4n) is 2.89. The van der Waals surface area contributed by atoms with E-state index in [-0.39, 0.29) is 17.2 Å². The van der Waals surface area contributed by atoms with E-state index in [1.165, 1.54) is 13.2 Å². The van der Waals surface area contributed by atoms with Crippen molar-refractivity contribution < 1.29 is 14.6 Å². The number of carbonyl (C=O) groups is 1. The molecule has 0 radical (unpaired) electrons. The van der Waals surface area contributed by atoms with Gasteiger partial charge in [0.1, 0.15) is 17.1 Å². The van der Waals surface area contributed by atoms with Crippen LogP contribution in [0, 0.1) is 11.8 Å². The summed E-state index contributed by atoms with van der Waals surface area (Å²) in [6.07, 6.45) is 1.14. The first-order valence-electron chi connectivity index (χ1n) is 6.68. The lowest BCUT2D eigenvalue weighted by Crippen LogP contribution is -2.42. The largest absolute Gasteiger partial charge is 0.507 e. The zero-order chi connectivity index (χ0) is 14.0. The molecule has 4 nitrogen and oxygen atoms in total. The van der Waals surface area contributed by atoms with E-state index in [0.29, 0.717) is 17.6 Å². The molecule has 1 aromatic carbocycles. The van der Waals surface area contributed by atoms with Crippen molar-refractivity contribution in [3.8, 4) is 11.5 Å². The molecule has 0 spiro atoms. The molecule has 104 valence electrons. The van der Waals surface area contributed by atoms with Crippen LogP contribution in [-0.2, 0) is 0 Å². The summed E-state index contributed by atoms with van der Waals surface area (Å²) in [4.78, 5) is 14.4. The van der Waals surface area contributed by atoms with Crippen LogP contribution in [0.5, 0.6) is 11.5 Å². The van der Waals surface area contributed by atoms with Gasteiger partial charge in [-0.25, -0.2) is 0 Å². The number of methoxy groups -OCH3 is 1. The molecule has 1 heterocycles. The summed E-state index contributed by atoms with van der Waals surface area (Å²) in [6.45, 7) is 5.78. The summed E-state index contributed by atoms with van der Waals surface area (Å²) < 4.78 is 5.18. The minimum atomic E-state index is -0.145. The topological polar surface area (TPSA) is 49.8 Å². The number of carbonyl (C=O) groups excluding carboxylic acids is 1. The molecule has 1 aliphatic heterocycles. The van der Waals surface area contributed by atoms with Crippen LogP contribution in [0.25, 0.3) is 0 Å². The molecule has 2 unspecified atom stereocenters. The Hall–Kier alpha value is -1.71. The van der Waals surface area contributed by atoms with Crippen LogP contribution >= 0.6 is 0 Å². The highest BCUT2D eigenvalue weighted by molar-refractivity contribution is 5.99. The summed E-state index contributed by atoms with van der Waals surface area (Å²) in [7, 11) is 1.51. The third kappa shape index (κ3) is 2.83. The van der Waals surface area contributed by atoms with Crippen LogP contribution in [0.3, 0.4) is 0 Å². The van der Waals surface area contributed by atoms with Crippen LogP contribution in [0.2, 0.25) is 0 Å². The summed E-state index contributed by atoms with van der Waals surface area (Å²) in [5.74, 6) is 1.24. The predicted molar refractivity (Wildman–Crippen MR) is 73.5 cm³/mol. The average Bonchev–Trinajstić information content (AvgIpc) is 2.36. The van der Waals surface area contributed by atoms with Crippen molar-refractivity contribution in [3.05, 3.63) is 23.8 Å². The number of benzene rings is 1. The Balaban J connectivity index is 2.29. The van der Waals surface area contributed by atoms with Gasteiger partial charge in [0.25, 0.3) is 5.91 Å². The maximum Gasteiger partial charge on any atom is 0.261 e. The molecule has 1 N–H and O–H groups in total. The van der Waals surface area contributed by atoms with Gasteiger partial charge in [-0.2, -0.15) is 0 Å². The lowest BCUT2D eigenvalue weighted by molar-refractivity contribution is 0.0616. The Morgan fingerprint density at radius 3 is 2.53 bits per heavy atom. The molecule has 0 aromatic heterocycles. The van der Waals surface area contributed by atoms with Crippen LogP contribution in [0.15, 0.2) is 18.2 Å². The second-order valence-electron chi connectivity index (χ2n) is 5.51. The molecular formula is C15H21NO3. The molecule has 1 aromatic rings. The zero-order valence-corrected chi connectivity index (χ0v) is 11.7. The second kappa shape index (κ2) is 5.51. The van der Waals surface area contributed by atoms with Gasteiger partial charge in [-0.15, -0.1) is 0 Å². The number of phenolic OH excluding ortho intramolecular Hbond substituents is 1. The average molecular weight is 263 g/mol. The smallest absolute Gasteiger partial charge is 0.261 e. The highest BCUT2D eigenvalue weighted by Crippen LogP contribution is 2.31. The number of phenols is 1. The predicted octanol–water partition coefficient (Wildman–Crippen LogP) is 2.52. The van der Waals surface area contributed by atoms with Gasteiger partial charge in [0, 0.05) is 13.1 Å². The van der Waals surface area contributed by atoms with Gasteiger partial charge in [-0.05, 0) is 30.4 Å². The summed E-state index contributed by atoms with van der Waals surface area (Å²) >= 11 is 0. The highest BCUT2D eigenvalue weighted by Gasteiger charge is 2.29. The molecule has 0 aliphatic carbocycles. The van der Waals surface area contributed by atoms with Gasteiger partial charge < -0.3 is 14.7 Å². The van der Waals surface area contributed by atoms with E-state index in [1.807, 2.05) is 4.90 Å². The third-order valence-corrected chi connectivity index (χ3v) is 3.59. The Morgan fingerprint density at radius 1 is 1.32 bits per heavy atom. The van der Waals surface area contributed by atoms with Gasteiger partial charge in [0.15, 0.2) is 0 Å². The Bertz CT molecular complexity index is 462. The number of nitrogens with zero attached hydrogens (tertiary/aromatic N) is 1. The molecular weight excluding hydrogens is 242 g/mol. The quantitative estimate of drug-likeness (QED) is 0.892. The maximum atomic E-state index is 12.6. The van der Waals surface area contributed by atoms with E-state index in [9.17, 15) is 9.90 Å². The van der Waals surface area contributed by atoms with Crippen LogP contribution < -0.4 is 4.74 Å². The van der Waals surface area contributed by atoms with E-state index in [0.717, 1.165) is 19.5 Å². The number of aromatic hydroxyl groups is 1. The van der Waals surface area contributed by atoms with Crippen molar-refractivity contribution in [2.24, 2.45) is 11.8 Å². The van der Waals surface area contributed by atoms with Crippen LogP contribution in [-0.4, -0.2) is 36.1 Å². The minimum Gasteiger partial charge on any atom is -0.507 e. The molecule has 1 saturated heterocycles. The number of ether oxygens (including phenoxy) is 1. The number of amides is 1. The normalized spacial score (nSPS) is 23.2. The number of likely N-dealkylation sites (tertiary alicyclic amines) is 1. The van der Waals surface area contributed by atoms with E-state index in [2.05, 4.69) is 13.8 Å². The fraction of sp³-hybridized carbons (Fsp3) is 0.533. The van der Waals surface area contributed by atoms with Crippen molar-refractivity contribution in [1.29, 1.82) is 0 Å². The maximum absolute atomic E-state index is 12.6. The van der Waals surface area contributed by atoms with Crippen molar-refractivity contribution >= 4 is 5.91 Å². The zero-order valence-electron chi connectivity index (χ0n) is 11.7. The number of rotatable bonds is 2. The van der Waals surface area contributed by atoms with Crippen molar-refractivity contribution in [3.63, 3.8) is 0 Å². The molecule has 1 aliphatic rings. The van der Waals surface area contributed by atoms with E-state index < -0.39 is 0 Å². The molecule has 0 saturated carbocycles. The minimum absolute atomic E-state index is 0.0183. The molecule has 1 fully saturated rings. The summed E-state index contributed by atoms with van der Waals surface area (Å²) in [5, 5.41) is 9.93. The first-order chi connectivity index (χ1) is 9.02. The molecule has 2 rings (SSSR count). The molecule has 19 heavy (non-hydrogen) atoms. The summed E-state index contributed by atoms with van der Waals surface area (Å²) in [6, 6.07) is 4.89. The van der Waals surface area contributed by atoms with Crippen LogP contribution in [0.1, 0.15) is 30.6 Å². The van der Waals surface area contributed by atoms with Crippen molar-refractivity contribution in [2.45, 2.75) is 20.3 Å². The SMILES string of the molecule is COc1cccc(O)c1C(=O)N1CC(C)CC(C)C1. The second-order valence-corrected chi connectivity index (χ2v) is 5.51. The van der Waals surface area contributed by atoms with E-state index in [4.69, 9.17) is 4.74 Å². The number of hydrogen-bond acceptors (Lipinski definition) is 3. The first-order valence-corrected chi connectivity index (χ1v) is 6.68. The lowest BCUT2D eigenvalue weighted by Gasteiger charge is -2.35. The van der Waals surface area contributed by atoms with E-state index >= 15 is 0 Å². The number of hydrogen-bond donors (Lipinski definition) is 1. The standard InChI is InChI=1S/C15H21NO3/c1-10-7-11(2)9-16(8-10)15(18)14-12(17)5-4-6-13(14)19-3/h4-6,10-11,17H,7-9H2,1-3H3. The van der Waals surface area contributed by atoms with Crippen LogP contribution in [0.4, 0.5) is 0 Å². The first kappa shape index (κ1) is 13.7.